The number of benzene rings is 2. The molecule has 0 radical (unpaired) electrons. The Hall–Kier alpha value is -4.75. The van der Waals surface area contributed by atoms with E-state index < -0.39 is 82.8 Å². The van der Waals surface area contributed by atoms with Gasteiger partial charge in [0.1, 0.15) is 13.2 Å². The van der Waals surface area contributed by atoms with Crippen LogP contribution in [0.4, 0.5) is 17.1 Å². The van der Waals surface area contributed by atoms with E-state index in [4.69, 9.17) is 9.47 Å². The lowest BCUT2D eigenvalue weighted by molar-refractivity contribution is -0.394. The highest BCUT2D eigenvalue weighted by molar-refractivity contribution is 6.25. The number of non-ortho nitro benzene ring substituents is 1. The van der Waals surface area contributed by atoms with Crippen LogP contribution in [0, 0.1) is 35.8 Å². The van der Waals surface area contributed by atoms with Gasteiger partial charge in [-0.1, -0.05) is 6.92 Å². The summed E-state index contributed by atoms with van der Waals surface area (Å²) in [4.78, 5) is 69.1. The average molecular weight is 501 g/mol. The molecule has 3 rings (SSSR count). The lowest BCUT2D eigenvalue weighted by Gasteiger charge is -2.20. The van der Waals surface area contributed by atoms with Crippen LogP contribution in [0.2, 0.25) is 0 Å². The molecular formula is C22H19N3O11. The zero-order chi connectivity index (χ0) is 26.9. The molecule has 14 nitrogen and oxygen atoms in total. The summed E-state index contributed by atoms with van der Waals surface area (Å²) in [5.41, 5.74) is -5.28. The molecule has 1 aliphatic carbocycles. The summed E-state index contributed by atoms with van der Waals surface area (Å²) < 4.78 is 10.0. The SMILES string of the molecule is CCC(C)(C)C(=O)OCCOC(=O)c1cc2c(c([N+](=O)[O-])c1)-c1c(cc([N+](=O)[O-])cc1[N+](=O)[O-])C2=O. The standard InChI is InChI=1S/C22H19N3O11/c1-4-22(2,3)21(28)36-6-5-35-20(27)11-7-13-17(15(8-11)24(31)32)18-14(19(13)26)9-12(23(29)30)10-16(18)25(33)34/h7-10H,4-6H2,1-3H3. The van der Waals surface area contributed by atoms with Crippen LogP contribution in [-0.2, 0) is 14.3 Å². The Morgan fingerprint density at radius 3 is 1.89 bits per heavy atom. The monoisotopic (exact) mass is 501 g/mol. The fourth-order valence-corrected chi connectivity index (χ4v) is 3.47. The second-order valence-electron chi connectivity index (χ2n) is 8.42. The van der Waals surface area contributed by atoms with Crippen LogP contribution in [0.5, 0.6) is 0 Å². The first-order chi connectivity index (χ1) is 16.8. The maximum Gasteiger partial charge on any atom is 0.338 e. The van der Waals surface area contributed by atoms with Gasteiger partial charge >= 0.3 is 11.9 Å². The number of nitrogens with zero attached hydrogens (tertiary/aromatic N) is 3. The van der Waals surface area contributed by atoms with Gasteiger partial charge in [-0.15, -0.1) is 0 Å². The van der Waals surface area contributed by atoms with Crippen molar-refractivity contribution in [3.63, 3.8) is 0 Å². The van der Waals surface area contributed by atoms with Gasteiger partial charge in [0.2, 0.25) is 0 Å². The maximum absolute atomic E-state index is 13.0. The number of carbonyl (C=O) groups is 3. The van der Waals surface area contributed by atoms with Crippen molar-refractivity contribution >= 4 is 34.8 Å². The smallest absolute Gasteiger partial charge is 0.338 e. The number of carbonyl (C=O) groups excluding carboxylic acids is 3. The molecule has 36 heavy (non-hydrogen) atoms. The molecule has 0 unspecified atom stereocenters. The molecule has 0 heterocycles. The van der Waals surface area contributed by atoms with Gasteiger partial charge < -0.3 is 9.47 Å². The molecule has 0 N–H and O–H groups in total. The first kappa shape index (κ1) is 25.9. The summed E-state index contributed by atoms with van der Waals surface area (Å²) in [5.74, 6) is -2.54. The van der Waals surface area contributed by atoms with Gasteiger partial charge in [-0.2, -0.15) is 0 Å². The van der Waals surface area contributed by atoms with Gasteiger partial charge in [0, 0.05) is 23.3 Å². The van der Waals surface area contributed by atoms with Crippen molar-refractivity contribution in [2.45, 2.75) is 27.2 Å². The number of ketones is 1. The Balaban J connectivity index is 1.96. The van der Waals surface area contributed by atoms with E-state index in [1.165, 1.54) is 0 Å². The Morgan fingerprint density at radius 1 is 0.833 bits per heavy atom. The minimum Gasteiger partial charge on any atom is -0.462 e. The minimum atomic E-state index is -1.07. The molecule has 14 heteroatoms. The van der Waals surface area contributed by atoms with Crippen molar-refractivity contribution in [3.8, 4) is 11.1 Å². The fourth-order valence-electron chi connectivity index (χ4n) is 3.47. The first-order valence-electron chi connectivity index (χ1n) is 10.5. The molecule has 0 aromatic heterocycles. The van der Waals surface area contributed by atoms with Crippen LogP contribution in [0.1, 0.15) is 53.5 Å². The van der Waals surface area contributed by atoms with Crippen LogP contribution in [0.25, 0.3) is 11.1 Å². The van der Waals surface area contributed by atoms with E-state index in [0.29, 0.717) is 12.5 Å². The number of ether oxygens (including phenoxy) is 2. The lowest BCUT2D eigenvalue weighted by Crippen LogP contribution is -2.27. The van der Waals surface area contributed by atoms with Crippen molar-refractivity contribution in [1.29, 1.82) is 0 Å². The highest BCUT2D eigenvalue weighted by Crippen LogP contribution is 2.48. The second kappa shape index (κ2) is 9.48. The van der Waals surface area contributed by atoms with E-state index in [-0.39, 0.29) is 13.2 Å². The van der Waals surface area contributed by atoms with Gasteiger partial charge in [0.05, 0.1) is 42.9 Å². The Bertz CT molecular complexity index is 1350. The molecular weight excluding hydrogens is 482 g/mol. The van der Waals surface area contributed by atoms with Crippen molar-refractivity contribution in [2.24, 2.45) is 5.41 Å². The molecule has 0 aliphatic heterocycles. The van der Waals surface area contributed by atoms with Gasteiger partial charge in [-0.25, -0.2) is 4.79 Å². The van der Waals surface area contributed by atoms with Crippen LogP contribution >= 0.6 is 0 Å². The number of rotatable bonds is 9. The van der Waals surface area contributed by atoms with Crippen molar-refractivity contribution in [3.05, 3.63) is 71.3 Å². The van der Waals surface area contributed by atoms with E-state index in [0.717, 1.165) is 18.2 Å². The molecule has 0 bridgehead atoms. The molecule has 0 amide bonds. The van der Waals surface area contributed by atoms with E-state index in [1.54, 1.807) is 20.8 Å². The molecule has 1 aliphatic rings. The Labute approximate surface area is 202 Å². The Kier molecular flexibility index (Phi) is 6.81. The molecule has 0 spiro atoms. The minimum absolute atomic E-state index is 0.277. The number of esters is 2. The predicted molar refractivity (Wildman–Crippen MR) is 121 cm³/mol. The second-order valence-corrected chi connectivity index (χ2v) is 8.42. The number of hydrogen-bond donors (Lipinski definition) is 0. The highest BCUT2D eigenvalue weighted by Gasteiger charge is 2.41. The number of nitro groups is 3. The summed E-state index contributed by atoms with van der Waals surface area (Å²) in [6.07, 6.45) is 0.516. The van der Waals surface area contributed by atoms with E-state index >= 15 is 0 Å². The Morgan fingerprint density at radius 2 is 1.36 bits per heavy atom. The fraction of sp³-hybridized carbons (Fsp3) is 0.318. The molecule has 2 aromatic rings. The third-order valence-corrected chi connectivity index (χ3v) is 5.79. The van der Waals surface area contributed by atoms with Crippen LogP contribution in [0.15, 0.2) is 24.3 Å². The summed E-state index contributed by atoms with van der Waals surface area (Å²) in [7, 11) is 0. The summed E-state index contributed by atoms with van der Waals surface area (Å²) in [6.45, 7) is 4.51. The molecule has 0 saturated carbocycles. The third-order valence-electron chi connectivity index (χ3n) is 5.79. The lowest BCUT2D eigenvalue weighted by atomic mass is 9.91. The van der Waals surface area contributed by atoms with Gasteiger partial charge in [0.25, 0.3) is 17.1 Å². The molecule has 0 atom stereocenters. The highest BCUT2D eigenvalue weighted by atomic mass is 16.6. The van der Waals surface area contributed by atoms with Crippen LogP contribution in [0.3, 0.4) is 0 Å². The van der Waals surface area contributed by atoms with Crippen molar-refractivity contribution in [2.75, 3.05) is 13.2 Å². The predicted octanol–water partition coefficient (Wildman–Crippen LogP) is 3.76. The van der Waals surface area contributed by atoms with Gasteiger partial charge in [-0.3, -0.25) is 39.9 Å². The summed E-state index contributed by atoms with van der Waals surface area (Å²) in [5, 5.41) is 34.5. The van der Waals surface area contributed by atoms with Crippen LogP contribution in [-0.4, -0.2) is 45.7 Å². The topological polar surface area (TPSA) is 199 Å². The molecule has 2 aromatic carbocycles. The van der Waals surface area contributed by atoms with Gasteiger partial charge in [0.15, 0.2) is 5.78 Å². The summed E-state index contributed by atoms with van der Waals surface area (Å²) >= 11 is 0. The largest absolute Gasteiger partial charge is 0.462 e. The number of hydrogen-bond acceptors (Lipinski definition) is 11. The van der Waals surface area contributed by atoms with Gasteiger partial charge in [-0.05, 0) is 26.3 Å². The maximum atomic E-state index is 13.0. The molecule has 0 saturated heterocycles. The quantitative estimate of drug-likeness (QED) is 0.179. The molecule has 188 valence electrons. The number of nitro benzene ring substituents is 3. The van der Waals surface area contributed by atoms with Crippen molar-refractivity contribution in [1.82, 2.24) is 0 Å². The normalized spacial score (nSPS) is 11.9. The first-order valence-corrected chi connectivity index (χ1v) is 10.5. The van der Waals surface area contributed by atoms with Crippen LogP contribution < -0.4 is 0 Å². The zero-order valence-corrected chi connectivity index (χ0v) is 19.3. The van der Waals surface area contributed by atoms with Crippen molar-refractivity contribution < 1.29 is 38.6 Å². The summed E-state index contributed by atoms with van der Waals surface area (Å²) in [6, 6.07) is 3.16. The molecule has 0 fully saturated rings. The van der Waals surface area contributed by atoms with E-state index in [2.05, 4.69) is 0 Å². The van der Waals surface area contributed by atoms with E-state index in [1.807, 2.05) is 0 Å². The average Bonchev–Trinajstić information content (AvgIpc) is 3.11. The van der Waals surface area contributed by atoms with E-state index in [9.17, 15) is 44.7 Å². The zero-order valence-electron chi connectivity index (χ0n) is 19.3. The number of fused-ring (bicyclic) bond motifs is 3. The third kappa shape index (κ3) is 4.60.